The maximum Gasteiger partial charge on any atom is 0.0379 e. The second kappa shape index (κ2) is 8.72. The van der Waals surface area contributed by atoms with Gasteiger partial charge in [0.2, 0.25) is 0 Å². The van der Waals surface area contributed by atoms with Crippen LogP contribution in [-0.4, -0.2) is 0 Å². The van der Waals surface area contributed by atoms with Gasteiger partial charge in [0.1, 0.15) is 0 Å². The second-order valence-electron chi connectivity index (χ2n) is 8.47. The largest absolute Gasteiger partial charge is 0.362 e. The predicted octanol–water partition coefficient (Wildman–Crippen LogP) is 7.72. The summed E-state index contributed by atoms with van der Waals surface area (Å²) in [5, 5.41) is 10.0. The van der Waals surface area contributed by atoms with E-state index in [2.05, 4.69) is 122 Å². The number of benzene rings is 4. The predicted molar refractivity (Wildman–Crippen MR) is 141 cm³/mol. The number of hydrogen-bond acceptors (Lipinski definition) is 1. The summed E-state index contributed by atoms with van der Waals surface area (Å²) in [6, 6.07) is 24.0. The van der Waals surface area contributed by atoms with Crippen LogP contribution in [0.5, 0.6) is 0 Å². The van der Waals surface area contributed by atoms with Crippen molar-refractivity contribution in [1.82, 2.24) is 0 Å². The topological polar surface area (TPSA) is 12.0 Å². The Balaban J connectivity index is 1.45. The van der Waals surface area contributed by atoms with Crippen molar-refractivity contribution >= 4 is 38.9 Å². The highest BCUT2D eigenvalue weighted by Crippen LogP contribution is 2.30. The minimum absolute atomic E-state index is 0.937. The molecule has 4 aromatic rings. The lowest BCUT2D eigenvalue weighted by Crippen LogP contribution is -2.07. The lowest BCUT2D eigenvalue weighted by atomic mass is 9.94. The van der Waals surface area contributed by atoms with Crippen molar-refractivity contribution in [2.45, 2.75) is 20.3 Å². The fraction of sp³-hybridized carbons (Fsp3) is 0.0968. The normalized spacial score (nSPS) is 14.2. The quantitative estimate of drug-likeness (QED) is 0.330. The van der Waals surface area contributed by atoms with Crippen molar-refractivity contribution in [3.05, 3.63) is 125 Å². The maximum absolute atomic E-state index is 3.31. The number of nitrogens with one attached hydrogen (secondary N) is 1. The van der Waals surface area contributed by atoms with Crippen LogP contribution in [0.15, 0.2) is 109 Å². The lowest BCUT2D eigenvalue weighted by Gasteiger charge is -2.09. The van der Waals surface area contributed by atoms with E-state index in [1.54, 1.807) is 0 Å². The summed E-state index contributed by atoms with van der Waals surface area (Å²) in [4.78, 5) is 0. The van der Waals surface area contributed by atoms with E-state index in [9.17, 15) is 0 Å². The first-order chi connectivity index (χ1) is 15.7. The molecule has 0 atom stereocenters. The van der Waals surface area contributed by atoms with Crippen LogP contribution in [0.25, 0.3) is 33.2 Å². The summed E-state index contributed by atoms with van der Waals surface area (Å²) >= 11 is 0. The fourth-order valence-corrected chi connectivity index (χ4v) is 4.38. The van der Waals surface area contributed by atoms with Crippen LogP contribution in [0.3, 0.4) is 0 Å². The van der Waals surface area contributed by atoms with Crippen LogP contribution in [0.1, 0.15) is 24.5 Å². The highest BCUT2D eigenvalue weighted by atomic mass is 14.8. The first kappa shape index (κ1) is 20.1. The average molecular weight is 414 g/mol. The zero-order valence-electron chi connectivity index (χ0n) is 18.6. The molecular formula is C31H27N. The smallest absolute Gasteiger partial charge is 0.0379 e. The van der Waals surface area contributed by atoms with Crippen molar-refractivity contribution in [3.63, 3.8) is 0 Å². The fourth-order valence-electron chi connectivity index (χ4n) is 4.38. The molecule has 156 valence electrons. The minimum atomic E-state index is 0.937. The van der Waals surface area contributed by atoms with Gasteiger partial charge in [-0.15, -0.1) is 0 Å². The molecule has 0 saturated heterocycles. The summed E-state index contributed by atoms with van der Waals surface area (Å²) in [5.41, 5.74) is 6.24. The van der Waals surface area contributed by atoms with Gasteiger partial charge in [0.15, 0.2) is 0 Å². The summed E-state index contributed by atoms with van der Waals surface area (Å²) in [5.74, 6) is 0. The average Bonchev–Trinajstić information content (AvgIpc) is 3.00. The SMILES string of the molecule is CC(/C=C\C1=c2ccc3cccc4ccc(c2c43)C=CC1)=C/C=C/Nc1ccc(C)cc1. The molecule has 0 fully saturated rings. The first-order valence-electron chi connectivity index (χ1n) is 11.2. The Morgan fingerprint density at radius 1 is 0.875 bits per heavy atom. The van der Waals surface area contributed by atoms with Crippen molar-refractivity contribution in [3.8, 4) is 0 Å². The third-order valence-corrected chi connectivity index (χ3v) is 6.09. The van der Waals surface area contributed by atoms with Gasteiger partial charge < -0.3 is 5.32 Å². The summed E-state index contributed by atoms with van der Waals surface area (Å²) in [6.45, 7) is 4.24. The van der Waals surface area contributed by atoms with Gasteiger partial charge in [-0.2, -0.15) is 0 Å². The molecule has 0 heterocycles. The Morgan fingerprint density at radius 3 is 2.47 bits per heavy atom. The molecule has 4 aromatic carbocycles. The highest BCUT2D eigenvalue weighted by Gasteiger charge is 2.10. The molecular weight excluding hydrogens is 386 g/mol. The van der Waals surface area contributed by atoms with E-state index in [1.807, 2.05) is 6.20 Å². The standard InChI is InChI=1S/C31H27N/c1-22(6-5-21-32-28-18-12-23(2)13-19-28)11-14-24-7-3-10-27-16-15-25-8-4-9-26-17-20-29(24)31(27)30(25)26/h3-6,8-21,32H,7H2,1-2H3/b14-11-,21-5+,22-6-. The Bertz CT molecular complexity index is 1440. The van der Waals surface area contributed by atoms with Gasteiger partial charge in [0.25, 0.3) is 0 Å². The molecule has 0 bridgehead atoms. The van der Waals surface area contributed by atoms with E-state index >= 15 is 0 Å². The molecule has 0 aliphatic heterocycles. The van der Waals surface area contributed by atoms with Crippen LogP contribution in [0.4, 0.5) is 5.69 Å². The Morgan fingerprint density at radius 2 is 1.66 bits per heavy atom. The van der Waals surface area contributed by atoms with Gasteiger partial charge in [0.05, 0.1) is 0 Å². The molecule has 1 nitrogen and oxygen atoms in total. The van der Waals surface area contributed by atoms with Crippen molar-refractivity contribution in [2.75, 3.05) is 5.32 Å². The zero-order valence-corrected chi connectivity index (χ0v) is 18.6. The molecule has 1 N–H and O–H groups in total. The minimum Gasteiger partial charge on any atom is -0.362 e. The number of aryl methyl sites for hydroxylation is 1. The Labute approximate surface area is 189 Å². The molecule has 1 aliphatic carbocycles. The van der Waals surface area contributed by atoms with Crippen LogP contribution < -0.4 is 10.5 Å². The van der Waals surface area contributed by atoms with E-state index in [-0.39, 0.29) is 0 Å². The van der Waals surface area contributed by atoms with Crippen LogP contribution in [0, 0.1) is 6.92 Å². The number of hydrogen-bond donors (Lipinski definition) is 1. The molecule has 32 heavy (non-hydrogen) atoms. The van der Waals surface area contributed by atoms with Gasteiger partial charge >= 0.3 is 0 Å². The Hall–Kier alpha value is -3.84. The van der Waals surface area contributed by atoms with E-state index in [0.29, 0.717) is 0 Å². The van der Waals surface area contributed by atoms with Crippen LogP contribution in [-0.2, 0) is 0 Å². The van der Waals surface area contributed by atoms with Crippen molar-refractivity contribution in [2.24, 2.45) is 0 Å². The molecule has 0 saturated carbocycles. The summed E-state index contributed by atoms with van der Waals surface area (Å²) < 4.78 is 0. The third kappa shape index (κ3) is 4.02. The molecule has 0 radical (unpaired) electrons. The van der Waals surface area contributed by atoms with Crippen LogP contribution in [0.2, 0.25) is 0 Å². The van der Waals surface area contributed by atoms with Gasteiger partial charge in [-0.05, 0) is 76.4 Å². The van der Waals surface area contributed by atoms with E-state index in [4.69, 9.17) is 0 Å². The van der Waals surface area contributed by atoms with Gasteiger partial charge in [-0.3, -0.25) is 0 Å². The van der Waals surface area contributed by atoms with Crippen molar-refractivity contribution in [1.29, 1.82) is 0 Å². The summed E-state index contributed by atoms with van der Waals surface area (Å²) in [7, 11) is 0. The van der Waals surface area contributed by atoms with Crippen molar-refractivity contribution < 1.29 is 0 Å². The highest BCUT2D eigenvalue weighted by molar-refractivity contribution is 6.13. The molecule has 0 amide bonds. The number of allylic oxidation sites excluding steroid dienone is 6. The number of rotatable bonds is 5. The lowest BCUT2D eigenvalue weighted by molar-refractivity contribution is 1.41. The molecule has 0 unspecified atom stereocenters. The second-order valence-corrected chi connectivity index (χ2v) is 8.47. The summed E-state index contributed by atoms with van der Waals surface area (Å²) in [6.07, 6.45) is 16.1. The zero-order chi connectivity index (χ0) is 21.9. The van der Waals surface area contributed by atoms with Crippen LogP contribution >= 0.6 is 0 Å². The molecule has 1 heteroatoms. The molecule has 0 aromatic heterocycles. The monoisotopic (exact) mass is 413 g/mol. The van der Waals surface area contributed by atoms with Gasteiger partial charge in [-0.1, -0.05) is 96.1 Å². The van der Waals surface area contributed by atoms with E-state index < -0.39 is 0 Å². The van der Waals surface area contributed by atoms with Gasteiger partial charge in [-0.25, -0.2) is 0 Å². The molecule has 1 aliphatic rings. The van der Waals surface area contributed by atoms with Gasteiger partial charge in [0, 0.05) is 11.9 Å². The molecule has 5 rings (SSSR count). The maximum atomic E-state index is 3.31. The van der Waals surface area contributed by atoms with E-state index in [1.165, 1.54) is 49.0 Å². The number of anilines is 1. The van der Waals surface area contributed by atoms with E-state index in [0.717, 1.165) is 12.1 Å². The third-order valence-electron chi connectivity index (χ3n) is 6.09. The Kier molecular flexibility index (Phi) is 5.47. The molecule has 0 spiro atoms. The first-order valence-corrected chi connectivity index (χ1v) is 11.2.